The third kappa shape index (κ3) is 3.02. The first kappa shape index (κ1) is 13.8. The fourth-order valence-electron chi connectivity index (χ4n) is 2.37. The molecule has 5 nitrogen and oxygen atoms in total. The van der Waals surface area contributed by atoms with Crippen LogP contribution in [-0.4, -0.2) is 42.7 Å². The zero-order chi connectivity index (χ0) is 13.2. The van der Waals surface area contributed by atoms with Gasteiger partial charge in [-0.05, 0) is 31.6 Å². The molecule has 0 amide bonds. The van der Waals surface area contributed by atoms with E-state index in [-0.39, 0.29) is 12.5 Å². The lowest BCUT2D eigenvalue weighted by atomic mass is 10.0. The molecule has 6 heteroatoms. The largest absolute Gasteiger partial charge is 0.282 e. The normalized spacial score (nSPS) is 23.2. The van der Waals surface area contributed by atoms with E-state index >= 15 is 0 Å². The minimum absolute atomic E-state index is 0.141. The van der Waals surface area contributed by atoms with Crippen LogP contribution in [0, 0.1) is 17.2 Å². The summed E-state index contributed by atoms with van der Waals surface area (Å²) in [6.07, 6.45) is 4.04. The van der Waals surface area contributed by atoms with Crippen molar-refractivity contribution < 1.29 is 8.42 Å². The Hall–Kier alpha value is -0.640. The molecule has 2 fully saturated rings. The van der Waals surface area contributed by atoms with E-state index in [1.165, 1.54) is 0 Å². The van der Waals surface area contributed by atoms with Gasteiger partial charge in [0.25, 0.3) is 10.2 Å². The van der Waals surface area contributed by atoms with Crippen molar-refractivity contribution in [3.05, 3.63) is 0 Å². The highest BCUT2D eigenvalue weighted by Crippen LogP contribution is 2.31. The van der Waals surface area contributed by atoms with Gasteiger partial charge in [0.05, 0.1) is 6.07 Å². The lowest BCUT2D eigenvalue weighted by Gasteiger charge is -2.33. The molecule has 2 aliphatic rings. The number of hydrogen-bond donors (Lipinski definition) is 0. The molecule has 0 spiro atoms. The summed E-state index contributed by atoms with van der Waals surface area (Å²) in [5, 5.41) is 8.64. The average Bonchev–Trinajstić information content (AvgIpc) is 3.14. The van der Waals surface area contributed by atoms with Crippen molar-refractivity contribution in [3.63, 3.8) is 0 Å². The molecule has 0 atom stereocenters. The quantitative estimate of drug-likeness (QED) is 0.758. The Morgan fingerprint density at radius 1 is 1.28 bits per heavy atom. The fraction of sp³-hybridized carbons (Fsp3) is 0.917. The molecule has 1 aliphatic heterocycles. The zero-order valence-electron chi connectivity index (χ0n) is 10.9. The van der Waals surface area contributed by atoms with Crippen LogP contribution in [-0.2, 0) is 10.2 Å². The van der Waals surface area contributed by atoms with E-state index in [4.69, 9.17) is 5.26 Å². The van der Waals surface area contributed by atoms with E-state index in [1.54, 1.807) is 8.61 Å². The van der Waals surface area contributed by atoms with Crippen molar-refractivity contribution in [2.45, 2.75) is 45.1 Å². The zero-order valence-corrected chi connectivity index (χ0v) is 11.7. The molecule has 0 aromatic carbocycles. The van der Waals surface area contributed by atoms with Crippen molar-refractivity contribution >= 4 is 10.2 Å². The molecule has 18 heavy (non-hydrogen) atoms. The SMILES string of the molecule is CC1CCN(S(=O)(=O)N(CCC#N)C2CC2)CC1. The minimum atomic E-state index is -3.34. The van der Waals surface area contributed by atoms with Gasteiger partial charge < -0.3 is 0 Å². The van der Waals surface area contributed by atoms with Gasteiger partial charge in [-0.2, -0.15) is 22.3 Å². The van der Waals surface area contributed by atoms with Gasteiger partial charge in [-0.1, -0.05) is 6.92 Å². The van der Waals surface area contributed by atoms with Crippen molar-refractivity contribution in [2.75, 3.05) is 19.6 Å². The van der Waals surface area contributed by atoms with Crippen LogP contribution in [0.5, 0.6) is 0 Å². The first-order chi connectivity index (χ1) is 8.55. The number of hydrogen-bond acceptors (Lipinski definition) is 3. The highest BCUT2D eigenvalue weighted by atomic mass is 32.2. The van der Waals surface area contributed by atoms with Crippen LogP contribution in [0.1, 0.15) is 39.0 Å². The lowest BCUT2D eigenvalue weighted by molar-refractivity contribution is 0.262. The predicted octanol–water partition coefficient (Wildman–Crippen LogP) is 1.34. The summed E-state index contributed by atoms with van der Waals surface area (Å²) in [5.74, 6) is 0.616. The summed E-state index contributed by atoms with van der Waals surface area (Å²) in [4.78, 5) is 0. The first-order valence-corrected chi connectivity index (χ1v) is 8.09. The topological polar surface area (TPSA) is 64.4 Å². The third-order valence-electron chi connectivity index (χ3n) is 3.76. The molecule has 2 rings (SSSR count). The Balaban J connectivity index is 2.05. The van der Waals surface area contributed by atoms with Gasteiger partial charge in [0.1, 0.15) is 0 Å². The molecule has 0 bridgehead atoms. The molecule has 1 saturated carbocycles. The summed E-state index contributed by atoms with van der Waals surface area (Å²) in [5.41, 5.74) is 0. The van der Waals surface area contributed by atoms with E-state index in [1.807, 2.05) is 6.07 Å². The van der Waals surface area contributed by atoms with Crippen LogP contribution in [0.25, 0.3) is 0 Å². The Kier molecular flexibility index (Phi) is 4.25. The molecule has 1 saturated heterocycles. The Bertz CT molecular complexity index is 417. The number of rotatable bonds is 5. The second-order valence-corrected chi connectivity index (χ2v) is 7.22. The molecule has 0 aromatic rings. The molecule has 1 aliphatic carbocycles. The van der Waals surface area contributed by atoms with Crippen molar-refractivity contribution in [1.82, 2.24) is 8.61 Å². The Labute approximate surface area is 110 Å². The number of nitrogens with zero attached hydrogens (tertiary/aromatic N) is 3. The average molecular weight is 271 g/mol. The molecule has 1 heterocycles. The summed E-state index contributed by atoms with van der Waals surface area (Å²) in [6.45, 7) is 3.76. The van der Waals surface area contributed by atoms with Crippen LogP contribution in [0.2, 0.25) is 0 Å². The van der Waals surface area contributed by atoms with Crippen molar-refractivity contribution in [2.24, 2.45) is 5.92 Å². The lowest BCUT2D eigenvalue weighted by Crippen LogP contribution is -2.48. The predicted molar refractivity (Wildman–Crippen MR) is 68.8 cm³/mol. The third-order valence-corrected chi connectivity index (χ3v) is 5.85. The summed E-state index contributed by atoms with van der Waals surface area (Å²) >= 11 is 0. The molecule has 0 N–H and O–H groups in total. The molecule has 102 valence electrons. The van der Waals surface area contributed by atoms with Gasteiger partial charge in [-0.25, -0.2) is 0 Å². The first-order valence-electron chi connectivity index (χ1n) is 6.69. The van der Waals surface area contributed by atoms with Gasteiger partial charge in [0, 0.05) is 32.1 Å². The van der Waals surface area contributed by atoms with E-state index in [9.17, 15) is 8.42 Å². The second-order valence-electron chi connectivity index (χ2n) is 5.34. The molecular weight excluding hydrogens is 250 g/mol. The van der Waals surface area contributed by atoms with Crippen molar-refractivity contribution in [3.8, 4) is 6.07 Å². The van der Waals surface area contributed by atoms with Gasteiger partial charge in [0.2, 0.25) is 0 Å². The van der Waals surface area contributed by atoms with Crippen LogP contribution in [0.3, 0.4) is 0 Å². The second kappa shape index (κ2) is 5.55. The number of piperidine rings is 1. The van der Waals surface area contributed by atoms with Crippen LogP contribution in [0.15, 0.2) is 0 Å². The Morgan fingerprint density at radius 2 is 1.89 bits per heavy atom. The molecule has 0 aromatic heterocycles. The van der Waals surface area contributed by atoms with E-state index in [0.29, 0.717) is 25.6 Å². The van der Waals surface area contributed by atoms with E-state index in [0.717, 1.165) is 25.7 Å². The molecular formula is C12H21N3O2S. The summed E-state index contributed by atoms with van der Waals surface area (Å²) < 4.78 is 28.2. The van der Waals surface area contributed by atoms with Gasteiger partial charge in [-0.15, -0.1) is 0 Å². The summed E-state index contributed by atoms with van der Waals surface area (Å²) in [6, 6.07) is 2.18. The van der Waals surface area contributed by atoms with Gasteiger partial charge in [0.15, 0.2) is 0 Å². The van der Waals surface area contributed by atoms with Gasteiger partial charge in [-0.3, -0.25) is 0 Å². The number of nitriles is 1. The van der Waals surface area contributed by atoms with E-state index in [2.05, 4.69) is 6.92 Å². The van der Waals surface area contributed by atoms with Crippen LogP contribution in [0.4, 0.5) is 0 Å². The van der Waals surface area contributed by atoms with Crippen molar-refractivity contribution in [1.29, 1.82) is 5.26 Å². The van der Waals surface area contributed by atoms with Crippen LogP contribution < -0.4 is 0 Å². The monoisotopic (exact) mass is 271 g/mol. The maximum absolute atomic E-state index is 12.5. The molecule has 0 unspecified atom stereocenters. The molecule has 0 radical (unpaired) electrons. The maximum Gasteiger partial charge on any atom is 0.282 e. The standard InChI is InChI=1S/C12H21N3O2S/c1-11-5-9-14(10-6-11)18(16,17)15(8-2-7-13)12-3-4-12/h11-12H,2-6,8-10H2,1H3. The summed E-state index contributed by atoms with van der Waals surface area (Å²) in [7, 11) is -3.34. The fourth-order valence-corrected chi connectivity index (χ4v) is 4.25. The highest BCUT2D eigenvalue weighted by Gasteiger charge is 2.40. The smallest absolute Gasteiger partial charge is 0.198 e. The van der Waals surface area contributed by atoms with Gasteiger partial charge >= 0.3 is 0 Å². The van der Waals surface area contributed by atoms with Crippen LogP contribution >= 0.6 is 0 Å². The highest BCUT2D eigenvalue weighted by molar-refractivity contribution is 7.86. The minimum Gasteiger partial charge on any atom is -0.198 e. The maximum atomic E-state index is 12.5. The van der Waals surface area contributed by atoms with E-state index < -0.39 is 10.2 Å². The Morgan fingerprint density at radius 3 is 2.39 bits per heavy atom.